The first kappa shape index (κ1) is 13.5. The molecule has 108 valence electrons. The van der Waals surface area contributed by atoms with Crippen LogP contribution in [0.5, 0.6) is 0 Å². The molecule has 0 fully saturated rings. The fourth-order valence-electron chi connectivity index (χ4n) is 2.06. The zero-order chi connectivity index (χ0) is 14.7. The zero-order valence-electron chi connectivity index (χ0n) is 11.9. The molecule has 0 aliphatic carbocycles. The van der Waals surface area contributed by atoms with Crippen LogP contribution in [0.2, 0.25) is 0 Å². The molecular formula is C15H17N5O. The molecule has 3 rings (SSSR count). The van der Waals surface area contributed by atoms with Crippen LogP contribution in [0.1, 0.15) is 17.0 Å². The Morgan fingerprint density at radius 3 is 2.71 bits per heavy atom. The summed E-state index contributed by atoms with van der Waals surface area (Å²) in [5.74, 6) is 1.21. The number of nitrogens with zero attached hydrogens (tertiary/aromatic N) is 4. The molecule has 0 spiro atoms. The Kier molecular flexibility index (Phi) is 3.79. The van der Waals surface area contributed by atoms with E-state index >= 15 is 0 Å². The van der Waals surface area contributed by atoms with E-state index in [-0.39, 0.29) is 0 Å². The lowest BCUT2D eigenvalue weighted by Gasteiger charge is -1.97. The number of rotatable bonds is 5. The van der Waals surface area contributed by atoms with Crippen molar-refractivity contribution < 1.29 is 4.52 Å². The van der Waals surface area contributed by atoms with Gasteiger partial charge in [0.1, 0.15) is 0 Å². The molecule has 0 aliphatic rings. The smallest absolute Gasteiger partial charge is 0.228 e. The molecule has 0 amide bonds. The summed E-state index contributed by atoms with van der Waals surface area (Å²) < 4.78 is 7.15. The molecule has 6 nitrogen and oxygen atoms in total. The predicted molar refractivity (Wildman–Crippen MR) is 78.3 cm³/mol. The largest absolute Gasteiger partial charge is 0.339 e. The van der Waals surface area contributed by atoms with Gasteiger partial charge in [-0.3, -0.25) is 4.68 Å². The van der Waals surface area contributed by atoms with Crippen LogP contribution in [0.25, 0.3) is 11.4 Å². The van der Waals surface area contributed by atoms with E-state index in [0.29, 0.717) is 24.7 Å². The standard InChI is InChI=1S/C15H17N5O/c1-11-9-17-20(10-11)7-6-14-18-15(19-21-14)13-4-2-12(8-16)3-5-13/h2-5,9-10H,6-8,16H2,1H3. The first-order valence-electron chi connectivity index (χ1n) is 6.85. The molecule has 0 saturated carbocycles. The van der Waals surface area contributed by atoms with E-state index in [1.54, 1.807) is 0 Å². The summed E-state index contributed by atoms with van der Waals surface area (Å²) in [6.07, 6.45) is 4.48. The Morgan fingerprint density at radius 1 is 1.24 bits per heavy atom. The van der Waals surface area contributed by atoms with E-state index in [4.69, 9.17) is 10.3 Å². The maximum absolute atomic E-state index is 5.58. The van der Waals surface area contributed by atoms with Crippen LogP contribution >= 0.6 is 0 Å². The van der Waals surface area contributed by atoms with Gasteiger partial charge in [-0.05, 0) is 18.1 Å². The Morgan fingerprint density at radius 2 is 2.05 bits per heavy atom. The number of hydrogen-bond donors (Lipinski definition) is 1. The first-order valence-corrected chi connectivity index (χ1v) is 6.85. The van der Waals surface area contributed by atoms with E-state index in [1.165, 1.54) is 0 Å². The van der Waals surface area contributed by atoms with Crippen molar-refractivity contribution in [1.29, 1.82) is 0 Å². The summed E-state index contributed by atoms with van der Waals surface area (Å²) in [5, 5.41) is 8.24. The Bertz CT molecular complexity index is 714. The molecule has 0 saturated heterocycles. The van der Waals surface area contributed by atoms with Gasteiger partial charge in [0.05, 0.1) is 6.20 Å². The van der Waals surface area contributed by atoms with Crippen LogP contribution in [0, 0.1) is 6.92 Å². The maximum atomic E-state index is 5.58. The minimum atomic E-state index is 0.529. The minimum Gasteiger partial charge on any atom is -0.339 e. The average molecular weight is 283 g/mol. The molecule has 2 N–H and O–H groups in total. The van der Waals surface area contributed by atoms with Gasteiger partial charge in [-0.15, -0.1) is 0 Å². The molecule has 6 heteroatoms. The Labute approximate surface area is 122 Å². The molecule has 0 unspecified atom stereocenters. The van der Waals surface area contributed by atoms with Crippen LogP contribution in [0.3, 0.4) is 0 Å². The van der Waals surface area contributed by atoms with Crippen LogP contribution in [-0.4, -0.2) is 19.9 Å². The molecule has 0 bridgehead atoms. The van der Waals surface area contributed by atoms with Crippen molar-refractivity contribution in [2.45, 2.75) is 26.4 Å². The van der Waals surface area contributed by atoms with E-state index in [0.717, 1.165) is 23.2 Å². The SMILES string of the molecule is Cc1cnn(CCc2nc(-c3ccc(CN)cc3)no2)c1. The second-order valence-electron chi connectivity index (χ2n) is 4.94. The Hall–Kier alpha value is -2.47. The van der Waals surface area contributed by atoms with E-state index in [2.05, 4.69) is 15.2 Å². The van der Waals surface area contributed by atoms with Gasteiger partial charge in [-0.2, -0.15) is 10.1 Å². The first-order chi connectivity index (χ1) is 10.2. The van der Waals surface area contributed by atoms with Gasteiger partial charge >= 0.3 is 0 Å². The van der Waals surface area contributed by atoms with Crippen molar-refractivity contribution in [2.75, 3.05) is 0 Å². The molecule has 0 atom stereocenters. The third-order valence-corrected chi connectivity index (χ3v) is 3.23. The van der Waals surface area contributed by atoms with Crippen molar-refractivity contribution in [3.63, 3.8) is 0 Å². The average Bonchev–Trinajstić information content (AvgIpc) is 3.14. The molecule has 21 heavy (non-hydrogen) atoms. The van der Waals surface area contributed by atoms with Crippen molar-refractivity contribution in [3.8, 4) is 11.4 Å². The topological polar surface area (TPSA) is 82.8 Å². The third kappa shape index (κ3) is 3.17. The van der Waals surface area contributed by atoms with Gasteiger partial charge < -0.3 is 10.3 Å². The Balaban J connectivity index is 1.67. The number of hydrogen-bond acceptors (Lipinski definition) is 5. The third-order valence-electron chi connectivity index (χ3n) is 3.23. The van der Waals surface area contributed by atoms with Crippen molar-refractivity contribution in [3.05, 3.63) is 53.7 Å². The summed E-state index contributed by atoms with van der Waals surface area (Å²) in [7, 11) is 0. The second-order valence-corrected chi connectivity index (χ2v) is 4.94. The van der Waals surface area contributed by atoms with Crippen LogP contribution < -0.4 is 5.73 Å². The van der Waals surface area contributed by atoms with Crippen molar-refractivity contribution in [2.24, 2.45) is 5.73 Å². The molecule has 3 aromatic rings. The van der Waals surface area contributed by atoms with Gasteiger partial charge in [0.2, 0.25) is 11.7 Å². The van der Waals surface area contributed by atoms with Gasteiger partial charge in [-0.25, -0.2) is 0 Å². The van der Waals surface area contributed by atoms with Crippen LogP contribution in [0.15, 0.2) is 41.2 Å². The lowest BCUT2D eigenvalue weighted by Crippen LogP contribution is -2.01. The molecular weight excluding hydrogens is 266 g/mol. The summed E-state index contributed by atoms with van der Waals surface area (Å²) >= 11 is 0. The molecule has 1 aromatic carbocycles. The summed E-state index contributed by atoms with van der Waals surface area (Å²) in [5.41, 5.74) is 8.73. The molecule has 0 aliphatic heterocycles. The highest BCUT2D eigenvalue weighted by molar-refractivity contribution is 5.54. The van der Waals surface area contributed by atoms with Crippen LogP contribution in [0.4, 0.5) is 0 Å². The summed E-state index contributed by atoms with van der Waals surface area (Å²) in [6.45, 7) is 3.27. The number of aromatic nitrogens is 4. The highest BCUT2D eigenvalue weighted by atomic mass is 16.5. The fourth-order valence-corrected chi connectivity index (χ4v) is 2.06. The zero-order valence-corrected chi connectivity index (χ0v) is 11.9. The van der Waals surface area contributed by atoms with E-state index in [9.17, 15) is 0 Å². The van der Waals surface area contributed by atoms with Crippen LogP contribution in [-0.2, 0) is 19.5 Å². The van der Waals surface area contributed by atoms with E-state index in [1.807, 2.05) is 48.3 Å². The van der Waals surface area contributed by atoms with Gasteiger partial charge in [-0.1, -0.05) is 29.4 Å². The predicted octanol–water partition coefficient (Wildman–Crippen LogP) is 1.94. The molecule has 0 radical (unpaired) electrons. The van der Waals surface area contributed by atoms with Gasteiger partial charge in [0.15, 0.2) is 0 Å². The minimum absolute atomic E-state index is 0.529. The highest BCUT2D eigenvalue weighted by Gasteiger charge is 2.08. The number of benzene rings is 1. The second kappa shape index (κ2) is 5.88. The maximum Gasteiger partial charge on any atom is 0.228 e. The lowest BCUT2D eigenvalue weighted by molar-refractivity contribution is 0.369. The fraction of sp³-hybridized carbons (Fsp3) is 0.267. The van der Waals surface area contributed by atoms with E-state index < -0.39 is 0 Å². The molecule has 2 heterocycles. The van der Waals surface area contributed by atoms with Gasteiger partial charge in [0, 0.05) is 31.3 Å². The lowest BCUT2D eigenvalue weighted by atomic mass is 10.1. The summed E-state index contributed by atoms with van der Waals surface area (Å²) in [6, 6.07) is 7.84. The quantitative estimate of drug-likeness (QED) is 0.773. The summed E-state index contributed by atoms with van der Waals surface area (Å²) in [4.78, 5) is 4.41. The normalized spacial score (nSPS) is 11.0. The number of nitrogens with two attached hydrogens (primary N) is 1. The molecule has 2 aromatic heterocycles. The number of aryl methyl sites for hydroxylation is 3. The van der Waals surface area contributed by atoms with Crippen molar-refractivity contribution >= 4 is 0 Å². The monoisotopic (exact) mass is 283 g/mol. The highest BCUT2D eigenvalue weighted by Crippen LogP contribution is 2.16. The van der Waals surface area contributed by atoms with Gasteiger partial charge in [0.25, 0.3) is 0 Å². The van der Waals surface area contributed by atoms with Crippen molar-refractivity contribution in [1.82, 2.24) is 19.9 Å².